The Kier molecular flexibility index (Phi) is 8.00. The number of hydrogen-bond donors (Lipinski definition) is 1. The van der Waals surface area contributed by atoms with E-state index in [2.05, 4.69) is 10.2 Å². The lowest BCUT2D eigenvalue weighted by Crippen LogP contribution is -2.68. The van der Waals surface area contributed by atoms with Crippen molar-refractivity contribution in [3.63, 3.8) is 0 Å². The van der Waals surface area contributed by atoms with Crippen LogP contribution in [0.15, 0.2) is 59.4 Å². The number of likely N-dealkylation sites (tertiary alicyclic amines) is 1. The molecule has 3 aliphatic rings. The smallest absolute Gasteiger partial charge is 0.335 e. The molecule has 2 aromatic carbocycles. The quantitative estimate of drug-likeness (QED) is 0.361. The van der Waals surface area contributed by atoms with E-state index in [-0.39, 0.29) is 30.4 Å². The molecule has 3 atom stereocenters. The van der Waals surface area contributed by atoms with E-state index in [1.54, 1.807) is 48.5 Å². The third-order valence-electron chi connectivity index (χ3n) is 9.08. The van der Waals surface area contributed by atoms with Crippen molar-refractivity contribution in [2.45, 2.75) is 25.3 Å². The van der Waals surface area contributed by atoms with Crippen molar-refractivity contribution in [1.82, 2.24) is 14.8 Å². The van der Waals surface area contributed by atoms with Crippen molar-refractivity contribution in [2.24, 2.45) is 11.3 Å². The van der Waals surface area contributed by atoms with Crippen molar-refractivity contribution in [2.75, 3.05) is 53.0 Å². The second-order valence-electron chi connectivity index (χ2n) is 11.8. The van der Waals surface area contributed by atoms with Crippen molar-refractivity contribution in [3.8, 4) is 23.0 Å². The number of carbonyl (C=O) groups excluding carboxylic acids is 3. The van der Waals surface area contributed by atoms with Crippen LogP contribution < -0.4 is 34.7 Å². The highest BCUT2D eigenvalue weighted by molar-refractivity contribution is 6.30. The monoisotopic (exact) mass is 616 g/mol. The molecule has 4 amide bonds. The SMILES string of the molecule is COc1ccc(N2C(=O)NC(=O)[C@@](Cc3cc(OC)c(OC)c(OC)c3)(CN3C[C@@H]4C[C@H](C3)c3cccc(=O)n3C4)C2=O)cc1. The predicted octanol–water partition coefficient (Wildman–Crippen LogP) is 2.81. The summed E-state index contributed by atoms with van der Waals surface area (Å²) in [5.74, 6) is 0.603. The number of imide groups is 2. The number of urea groups is 1. The zero-order valence-electron chi connectivity index (χ0n) is 25.7. The molecular weight excluding hydrogens is 580 g/mol. The third kappa shape index (κ3) is 5.28. The number of rotatable bonds is 9. The topological polar surface area (TPSA) is 129 Å². The number of benzene rings is 2. The highest BCUT2D eigenvalue weighted by Crippen LogP contribution is 2.43. The van der Waals surface area contributed by atoms with E-state index in [4.69, 9.17) is 18.9 Å². The predicted molar refractivity (Wildman–Crippen MR) is 164 cm³/mol. The first kappa shape index (κ1) is 30.2. The lowest BCUT2D eigenvalue weighted by molar-refractivity contribution is -0.144. The van der Waals surface area contributed by atoms with E-state index in [0.717, 1.165) is 17.0 Å². The number of carbonyl (C=O) groups is 3. The molecule has 12 heteroatoms. The van der Waals surface area contributed by atoms with Gasteiger partial charge in [0.25, 0.3) is 11.5 Å². The fourth-order valence-corrected chi connectivity index (χ4v) is 7.09. The standard InChI is InChI=1S/C33H36N4O8/c1-42-24-10-8-23(9-11-24)37-31(40)33(30(39)34-32(37)41,15-20-13-26(43-2)29(45-4)27(14-20)44-3)19-35-16-21-12-22(18-35)25-6-5-7-28(38)36(25)17-21/h5-11,13-14,21-22H,12,15-19H2,1-4H3,(H,34,39,41)/t21-,22+,33+/m0/s1. The molecule has 2 bridgehead atoms. The van der Waals surface area contributed by atoms with Gasteiger partial charge in [-0.25, -0.2) is 9.69 Å². The van der Waals surface area contributed by atoms with Gasteiger partial charge in [0, 0.05) is 43.9 Å². The molecule has 12 nitrogen and oxygen atoms in total. The minimum Gasteiger partial charge on any atom is -0.497 e. The number of methoxy groups -OCH3 is 4. The number of hydrogen-bond acceptors (Lipinski definition) is 9. The molecule has 0 saturated carbocycles. The Morgan fingerprint density at radius 1 is 0.844 bits per heavy atom. The molecule has 2 fully saturated rings. The molecule has 1 aromatic heterocycles. The van der Waals surface area contributed by atoms with Crippen molar-refractivity contribution < 1.29 is 33.3 Å². The Morgan fingerprint density at radius 2 is 1.56 bits per heavy atom. The lowest BCUT2D eigenvalue weighted by Gasteiger charge is -2.47. The van der Waals surface area contributed by atoms with Gasteiger partial charge in [0.1, 0.15) is 11.2 Å². The molecule has 1 N–H and O–H groups in total. The average molecular weight is 617 g/mol. The molecular formula is C33H36N4O8. The summed E-state index contributed by atoms with van der Waals surface area (Å²) in [6, 6.07) is 14.4. The summed E-state index contributed by atoms with van der Waals surface area (Å²) in [5.41, 5.74) is 0.136. The van der Waals surface area contributed by atoms with Gasteiger partial charge in [0.15, 0.2) is 11.5 Å². The minimum absolute atomic E-state index is 0.0231. The lowest BCUT2D eigenvalue weighted by atomic mass is 9.75. The highest BCUT2D eigenvalue weighted by Gasteiger charge is 2.56. The van der Waals surface area contributed by atoms with Gasteiger partial charge in [-0.15, -0.1) is 0 Å². The van der Waals surface area contributed by atoms with Crippen LogP contribution in [0.25, 0.3) is 0 Å². The van der Waals surface area contributed by atoms with Crippen LogP contribution in [0.2, 0.25) is 0 Å². The average Bonchev–Trinajstić information content (AvgIpc) is 3.04. The number of pyridine rings is 1. The number of barbiturate groups is 1. The van der Waals surface area contributed by atoms with Crippen LogP contribution >= 0.6 is 0 Å². The maximum Gasteiger partial charge on any atom is 0.335 e. The van der Waals surface area contributed by atoms with Crippen LogP contribution in [-0.4, -0.2) is 75.4 Å². The Bertz CT molecular complexity index is 1680. The number of aromatic nitrogens is 1. The van der Waals surface area contributed by atoms with Gasteiger partial charge in [-0.05, 0) is 66.8 Å². The number of nitrogens with zero attached hydrogens (tertiary/aromatic N) is 3. The van der Waals surface area contributed by atoms with E-state index in [9.17, 15) is 19.2 Å². The molecule has 0 unspecified atom stereocenters. The zero-order valence-corrected chi connectivity index (χ0v) is 25.7. The zero-order chi connectivity index (χ0) is 31.9. The van der Waals surface area contributed by atoms with Crippen molar-refractivity contribution in [3.05, 3.63) is 76.2 Å². The van der Waals surface area contributed by atoms with Gasteiger partial charge in [0.2, 0.25) is 11.7 Å². The molecule has 0 aliphatic carbocycles. The third-order valence-corrected chi connectivity index (χ3v) is 9.08. The fourth-order valence-electron chi connectivity index (χ4n) is 7.09. The van der Waals surface area contributed by atoms with Crippen LogP contribution in [0, 0.1) is 11.3 Å². The molecule has 3 aliphatic heterocycles. The van der Waals surface area contributed by atoms with Crippen molar-refractivity contribution >= 4 is 23.5 Å². The summed E-state index contributed by atoms with van der Waals surface area (Å²) in [6.45, 7) is 1.76. The number of anilines is 1. The summed E-state index contributed by atoms with van der Waals surface area (Å²) >= 11 is 0. The number of ether oxygens (including phenoxy) is 4. The summed E-state index contributed by atoms with van der Waals surface area (Å²) < 4.78 is 23.7. The minimum atomic E-state index is -1.69. The summed E-state index contributed by atoms with van der Waals surface area (Å²) in [7, 11) is 6.01. The van der Waals surface area contributed by atoms with E-state index in [0.29, 0.717) is 53.9 Å². The number of piperidine rings is 1. The van der Waals surface area contributed by atoms with E-state index < -0.39 is 23.3 Å². The molecule has 0 spiro atoms. The highest BCUT2D eigenvalue weighted by atomic mass is 16.5. The number of nitrogens with one attached hydrogen (secondary N) is 1. The van der Waals surface area contributed by atoms with E-state index in [1.165, 1.54) is 28.4 Å². The van der Waals surface area contributed by atoms with Crippen LogP contribution in [0.1, 0.15) is 23.6 Å². The summed E-state index contributed by atoms with van der Waals surface area (Å²) in [4.78, 5) is 57.7. The van der Waals surface area contributed by atoms with E-state index >= 15 is 0 Å². The molecule has 236 valence electrons. The number of fused-ring (bicyclic) bond motifs is 4. The maximum atomic E-state index is 14.7. The van der Waals surface area contributed by atoms with Gasteiger partial charge in [-0.1, -0.05) is 6.07 Å². The fraction of sp³-hybridized carbons (Fsp3) is 0.394. The Balaban J connectivity index is 1.42. The molecule has 3 aromatic rings. The van der Waals surface area contributed by atoms with Gasteiger partial charge >= 0.3 is 6.03 Å². The largest absolute Gasteiger partial charge is 0.497 e. The number of amides is 4. The van der Waals surface area contributed by atoms with Crippen molar-refractivity contribution in [1.29, 1.82) is 0 Å². The Morgan fingerprint density at radius 3 is 2.20 bits per heavy atom. The molecule has 4 heterocycles. The summed E-state index contributed by atoms with van der Waals surface area (Å²) in [6.07, 6.45) is 0.868. The van der Waals surface area contributed by atoms with Crippen LogP contribution in [-0.2, 0) is 22.6 Å². The first-order valence-electron chi connectivity index (χ1n) is 14.8. The normalized spacial score (nSPS) is 22.8. The first-order chi connectivity index (χ1) is 21.7. The van der Waals surface area contributed by atoms with Gasteiger partial charge in [-0.2, -0.15) is 0 Å². The molecule has 0 radical (unpaired) electrons. The van der Waals surface area contributed by atoms with Crippen LogP contribution in [0.3, 0.4) is 0 Å². The van der Waals surface area contributed by atoms with Gasteiger partial charge < -0.3 is 28.4 Å². The van der Waals surface area contributed by atoms with Crippen LogP contribution in [0.5, 0.6) is 23.0 Å². The molecule has 6 rings (SSSR count). The molecule has 2 saturated heterocycles. The second-order valence-corrected chi connectivity index (χ2v) is 11.8. The first-order valence-corrected chi connectivity index (χ1v) is 14.8. The Labute approximate surface area is 260 Å². The summed E-state index contributed by atoms with van der Waals surface area (Å²) in [5, 5.41) is 2.48. The second kappa shape index (κ2) is 11.9. The van der Waals surface area contributed by atoms with Gasteiger partial charge in [0.05, 0.1) is 34.1 Å². The Hall–Kier alpha value is -4.84. The van der Waals surface area contributed by atoms with Gasteiger partial charge in [-0.3, -0.25) is 19.7 Å². The molecule has 45 heavy (non-hydrogen) atoms. The van der Waals surface area contributed by atoms with E-state index in [1.807, 2.05) is 10.6 Å². The van der Waals surface area contributed by atoms with Crippen LogP contribution in [0.4, 0.5) is 10.5 Å². The maximum absolute atomic E-state index is 14.7.